The Morgan fingerprint density at radius 1 is 1.47 bits per heavy atom. The first-order valence-electron chi connectivity index (χ1n) is 6.99. The van der Waals surface area contributed by atoms with Gasteiger partial charge in [-0.15, -0.1) is 0 Å². The van der Waals surface area contributed by atoms with Gasteiger partial charge in [0.25, 0.3) is 0 Å². The molecule has 0 bridgehead atoms. The lowest BCUT2D eigenvalue weighted by Gasteiger charge is -2.22. The summed E-state index contributed by atoms with van der Waals surface area (Å²) >= 11 is 0. The van der Waals surface area contributed by atoms with Crippen molar-refractivity contribution in [2.75, 3.05) is 13.1 Å². The lowest BCUT2D eigenvalue weighted by molar-refractivity contribution is -0.122. The van der Waals surface area contributed by atoms with Crippen LogP contribution in [0.4, 0.5) is 0 Å². The van der Waals surface area contributed by atoms with Crippen LogP contribution in [0.15, 0.2) is 0 Å². The first-order valence-corrected chi connectivity index (χ1v) is 6.99. The van der Waals surface area contributed by atoms with E-state index in [4.69, 9.17) is 5.73 Å². The summed E-state index contributed by atoms with van der Waals surface area (Å²) in [5.74, 6) is 0.143. The summed E-state index contributed by atoms with van der Waals surface area (Å²) in [5, 5.41) is 3.18. The number of rotatable bonds is 5. The van der Waals surface area contributed by atoms with Crippen molar-refractivity contribution in [2.45, 2.75) is 63.6 Å². The topological polar surface area (TPSA) is 58.4 Å². The van der Waals surface area contributed by atoms with E-state index in [2.05, 4.69) is 17.1 Å². The molecule has 17 heavy (non-hydrogen) atoms. The van der Waals surface area contributed by atoms with E-state index in [0.29, 0.717) is 18.5 Å². The molecule has 2 aliphatic heterocycles. The summed E-state index contributed by atoms with van der Waals surface area (Å²) in [6.07, 6.45) is 6.11. The van der Waals surface area contributed by atoms with E-state index in [1.165, 1.54) is 19.4 Å². The van der Waals surface area contributed by atoms with Gasteiger partial charge in [-0.3, -0.25) is 9.69 Å². The third kappa shape index (κ3) is 3.19. The molecule has 0 aromatic heterocycles. The van der Waals surface area contributed by atoms with Gasteiger partial charge in [-0.25, -0.2) is 0 Å². The molecule has 3 unspecified atom stereocenters. The molecule has 2 fully saturated rings. The average Bonchev–Trinajstić information content (AvgIpc) is 2.83. The Kier molecular flexibility index (Phi) is 4.40. The molecule has 2 aliphatic rings. The van der Waals surface area contributed by atoms with Crippen LogP contribution in [-0.4, -0.2) is 42.0 Å². The van der Waals surface area contributed by atoms with Crippen molar-refractivity contribution in [3.05, 3.63) is 0 Å². The van der Waals surface area contributed by atoms with Crippen LogP contribution in [0.1, 0.15) is 45.4 Å². The lowest BCUT2D eigenvalue weighted by atomic mass is 10.1. The van der Waals surface area contributed by atoms with Crippen LogP contribution in [0.2, 0.25) is 0 Å². The van der Waals surface area contributed by atoms with E-state index in [1.54, 1.807) is 0 Å². The van der Waals surface area contributed by atoms with Crippen molar-refractivity contribution < 1.29 is 4.79 Å². The van der Waals surface area contributed by atoms with Crippen LogP contribution in [-0.2, 0) is 4.79 Å². The SMILES string of the molecule is CCCC(N)CC(=O)NC1CCN2CCCC12. The maximum atomic E-state index is 11.9. The molecule has 0 saturated carbocycles. The van der Waals surface area contributed by atoms with Crippen LogP contribution >= 0.6 is 0 Å². The molecule has 3 atom stereocenters. The zero-order chi connectivity index (χ0) is 12.3. The number of nitrogens with one attached hydrogen (secondary N) is 1. The van der Waals surface area contributed by atoms with E-state index in [9.17, 15) is 4.79 Å². The van der Waals surface area contributed by atoms with Gasteiger partial charge in [0.1, 0.15) is 0 Å². The van der Waals surface area contributed by atoms with Crippen molar-refractivity contribution in [1.82, 2.24) is 10.2 Å². The number of hydrogen-bond donors (Lipinski definition) is 2. The molecular formula is C13H25N3O. The standard InChI is InChI=1S/C13H25N3O/c1-2-4-10(14)9-13(17)15-11-6-8-16-7-3-5-12(11)16/h10-12H,2-9,14H2,1H3,(H,15,17). The number of amides is 1. The van der Waals surface area contributed by atoms with Crippen LogP contribution < -0.4 is 11.1 Å². The first-order chi connectivity index (χ1) is 8.20. The smallest absolute Gasteiger partial charge is 0.221 e. The zero-order valence-corrected chi connectivity index (χ0v) is 10.8. The predicted octanol–water partition coefficient (Wildman–Crippen LogP) is 0.857. The Labute approximate surface area is 104 Å². The maximum Gasteiger partial charge on any atom is 0.221 e. The Bertz CT molecular complexity index is 269. The van der Waals surface area contributed by atoms with E-state index in [0.717, 1.165) is 25.8 Å². The fourth-order valence-electron chi connectivity index (χ4n) is 3.23. The molecule has 2 rings (SSSR count). The second kappa shape index (κ2) is 5.83. The summed E-state index contributed by atoms with van der Waals surface area (Å²) in [6, 6.07) is 1.00. The van der Waals surface area contributed by atoms with Crippen LogP contribution in [0.25, 0.3) is 0 Å². The number of nitrogens with zero attached hydrogens (tertiary/aromatic N) is 1. The lowest BCUT2D eigenvalue weighted by Crippen LogP contribution is -2.44. The van der Waals surface area contributed by atoms with Gasteiger partial charge in [-0.05, 0) is 32.2 Å². The molecule has 0 aromatic rings. The van der Waals surface area contributed by atoms with Crippen molar-refractivity contribution in [3.63, 3.8) is 0 Å². The third-order valence-corrected chi connectivity index (χ3v) is 4.06. The Balaban J connectivity index is 1.75. The summed E-state index contributed by atoms with van der Waals surface area (Å²) < 4.78 is 0. The van der Waals surface area contributed by atoms with Gasteiger partial charge in [-0.2, -0.15) is 0 Å². The second-order valence-corrected chi connectivity index (χ2v) is 5.46. The minimum atomic E-state index is 0.0288. The normalized spacial score (nSPS) is 30.2. The monoisotopic (exact) mass is 239 g/mol. The molecule has 3 N–H and O–H groups in total. The molecule has 0 spiro atoms. The van der Waals surface area contributed by atoms with Crippen molar-refractivity contribution in [2.24, 2.45) is 5.73 Å². The fraction of sp³-hybridized carbons (Fsp3) is 0.923. The van der Waals surface area contributed by atoms with Crippen LogP contribution in [0.5, 0.6) is 0 Å². The molecule has 2 heterocycles. The minimum absolute atomic E-state index is 0.0288. The molecular weight excluding hydrogens is 214 g/mol. The summed E-state index contributed by atoms with van der Waals surface area (Å²) in [6.45, 7) is 4.47. The van der Waals surface area contributed by atoms with E-state index >= 15 is 0 Å². The number of fused-ring (bicyclic) bond motifs is 1. The molecule has 0 aromatic carbocycles. The number of carbonyl (C=O) groups is 1. The van der Waals surface area contributed by atoms with E-state index in [1.807, 2.05) is 0 Å². The quantitative estimate of drug-likeness (QED) is 0.748. The number of hydrogen-bond acceptors (Lipinski definition) is 3. The average molecular weight is 239 g/mol. The highest BCUT2D eigenvalue weighted by Crippen LogP contribution is 2.27. The molecule has 0 radical (unpaired) electrons. The van der Waals surface area contributed by atoms with Crippen molar-refractivity contribution in [1.29, 1.82) is 0 Å². The van der Waals surface area contributed by atoms with Gasteiger partial charge in [-0.1, -0.05) is 13.3 Å². The Morgan fingerprint density at radius 2 is 2.29 bits per heavy atom. The summed E-state index contributed by atoms with van der Waals surface area (Å²) in [7, 11) is 0. The van der Waals surface area contributed by atoms with Crippen LogP contribution in [0, 0.1) is 0 Å². The second-order valence-electron chi connectivity index (χ2n) is 5.46. The molecule has 4 nitrogen and oxygen atoms in total. The van der Waals surface area contributed by atoms with Crippen molar-refractivity contribution >= 4 is 5.91 Å². The highest BCUT2D eigenvalue weighted by molar-refractivity contribution is 5.77. The largest absolute Gasteiger partial charge is 0.352 e. The zero-order valence-electron chi connectivity index (χ0n) is 10.8. The summed E-state index contributed by atoms with van der Waals surface area (Å²) in [4.78, 5) is 14.4. The minimum Gasteiger partial charge on any atom is -0.352 e. The van der Waals surface area contributed by atoms with E-state index in [-0.39, 0.29) is 11.9 Å². The van der Waals surface area contributed by atoms with Gasteiger partial charge in [0.05, 0.1) is 0 Å². The molecule has 4 heteroatoms. The Hall–Kier alpha value is -0.610. The van der Waals surface area contributed by atoms with Gasteiger partial charge >= 0.3 is 0 Å². The predicted molar refractivity (Wildman–Crippen MR) is 68.6 cm³/mol. The van der Waals surface area contributed by atoms with Gasteiger partial charge in [0, 0.05) is 31.1 Å². The summed E-state index contributed by atoms with van der Waals surface area (Å²) in [5.41, 5.74) is 5.89. The van der Waals surface area contributed by atoms with Crippen molar-refractivity contribution in [3.8, 4) is 0 Å². The molecule has 1 amide bonds. The van der Waals surface area contributed by atoms with Gasteiger partial charge < -0.3 is 11.1 Å². The number of carbonyl (C=O) groups excluding carboxylic acids is 1. The van der Waals surface area contributed by atoms with Gasteiger partial charge in [0.15, 0.2) is 0 Å². The fourth-order valence-corrected chi connectivity index (χ4v) is 3.23. The number of nitrogens with two attached hydrogens (primary N) is 1. The van der Waals surface area contributed by atoms with Crippen LogP contribution in [0.3, 0.4) is 0 Å². The highest BCUT2D eigenvalue weighted by atomic mass is 16.1. The highest BCUT2D eigenvalue weighted by Gasteiger charge is 2.37. The molecule has 0 aliphatic carbocycles. The van der Waals surface area contributed by atoms with Gasteiger partial charge in [0.2, 0.25) is 5.91 Å². The third-order valence-electron chi connectivity index (χ3n) is 4.06. The Morgan fingerprint density at radius 3 is 3.06 bits per heavy atom. The first kappa shape index (κ1) is 12.8. The van der Waals surface area contributed by atoms with E-state index < -0.39 is 0 Å². The molecule has 2 saturated heterocycles. The maximum absolute atomic E-state index is 11.9. The molecule has 98 valence electrons.